The third kappa shape index (κ3) is 4.17. The van der Waals surface area contributed by atoms with Gasteiger partial charge in [0.25, 0.3) is 5.56 Å². The predicted octanol–water partition coefficient (Wildman–Crippen LogP) is 1.90. The second-order valence-electron chi connectivity index (χ2n) is 5.92. The third-order valence-corrected chi connectivity index (χ3v) is 3.90. The van der Waals surface area contributed by atoms with E-state index in [1.54, 1.807) is 62.4 Å². The van der Waals surface area contributed by atoms with Crippen molar-refractivity contribution in [3.63, 3.8) is 0 Å². The van der Waals surface area contributed by atoms with E-state index in [0.29, 0.717) is 22.2 Å². The zero-order valence-electron chi connectivity index (χ0n) is 15.4. The number of H-pyrrole nitrogens is 1. The lowest BCUT2D eigenvalue weighted by atomic mass is 10.2. The SMILES string of the molecule is CCOC(=O)[C@@H](C)Oc1cccc(C=Nn2c(=O)[nH]c3ccccc3c2=O)c1. The van der Waals surface area contributed by atoms with Crippen molar-refractivity contribution in [1.82, 2.24) is 9.66 Å². The summed E-state index contributed by atoms with van der Waals surface area (Å²) in [6, 6.07) is 13.5. The second-order valence-corrected chi connectivity index (χ2v) is 5.92. The standard InChI is InChI=1S/C20H19N3O5/c1-3-27-19(25)13(2)28-15-8-6-7-14(11-15)12-21-23-18(24)16-9-4-5-10-17(16)22-20(23)26/h4-13H,3H2,1-2H3,(H,22,26)/t13-/m1/s1. The fraction of sp³-hybridized carbons (Fsp3) is 0.200. The quantitative estimate of drug-likeness (QED) is 0.519. The van der Waals surface area contributed by atoms with Crippen molar-refractivity contribution >= 4 is 23.1 Å². The predicted molar refractivity (Wildman–Crippen MR) is 105 cm³/mol. The number of benzene rings is 2. The average molecular weight is 381 g/mol. The Morgan fingerprint density at radius 1 is 1.21 bits per heavy atom. The maximum atomic E-state index is 12.5. The lowest BCUT2D eigenvalue weighted by Gasteiger charge is -2.13. The van der Waals surface area contributed by atoms with E-state index in [1.165, 1.54) is 6.21 Å². The first kappa shape index (κ1) is 19.1. The van der Waals surface area contributed by atoms with Gasteiger partial charge in [0.15, 0.2) is 6.10 Å². The zero-order chi connectivity index (χ0) is 20.1. The molecule has 1 atom stereocenters. The lowest BCUT2D eigenvalue weighted by molar-refractivity contribution is -0.150. The molecule has 0 unspecified atom stereocenters. The van der Waals surface area contributed by atoms with E-state index >= 15 is 0 Å². The van der Waals surface area contributed by atoms with E-state index in [1.807, 2.05) is 0 Å². The van der Waals surface area contributed by atoms with E-state index < -0.39 is 23.3 Å². The van der Waals surface area contributed by atoms with E-state index in [4.69, 9.17) is 9.47 Å². The van der Waals surface area contributed by atoms with Crippen molar-refractivity contribution in [1.29, 1.82) is 0 Å². The highest BCUT2D eigenvalue weighted by Crippen LogP contribution is 2.14. The van der Waals surface area contributed by atoms with Crippen molar-refractivity contribution in [2.45, 2.75) is 20.0 Å². The van der Waals surface area contributed by atoms with E-state index in [0.717, 1.165) is 4.68 Å². The maximum Gasteiger partial charge on any atom is 0.349 e. The number of carbonyl (C=O) groups excluding carboxylic acids is 1. The van der Waals surface area contributed by atoms with Crippen LogP contribution in [0.15, 0.2) is 63.2 Å². The topological polar surface area (TPSA) is 103 Å². The summed E-state index contributed by atoms with van der Waals surface area (Å²) in [4.78, 5) is 38.9. The Morgan fingerprint density at radius 3 is 2.79 bits per heavy atom. The molecule has 0 aliphatic heterocycles. The Labute approximate surface area is 160 Å². The minimum Gasteiger partial charge on any atom is -0.479 e. The third-order valence-electron chi connectivity index (χ3n) is 3.90. The van der Waals surface area contributed by atoms with Gasteiger partial charge in [0.05, 0.1) is 23.7 Å². The lowest BCUT2D eigenvalue weighted by Crippen LogP contribution is -2.32. The fourth-order valence-electron chi connectivity index (χ4n) is 2.56. The Kier molecular flexibility index (Phi) is 5.69. The van der Waals surface area contributed by atoms with Crippen LogP contribution in [0.25, 0.3) is 10.9 Å². The summed E-state index contributed by atoms with van der Waals surface area (Å²) in [5, 5.41) is 4.36. The molecule has 0 saturated carbocycles. The molecule has 28 heavy (non-hydrogen) atoms. The van der Waals surface area contributed by atoms with Gasteiger partial charge in [-0.05, 0) is 43.7 Å². The summed E-state index contributed by atoms with van der Waals surface area (Å²) in [6.07, 6.45) is 0.603. The molecule has 0 bridgehead atoms. The monoisotopic (exact) mass is 381 g/mol. The van der Waals surface area contributed by atoms with Crippen molar-refractivity contribution in [3.05, 3.63) is 74.9 Å². The number of hydrogen-bond acceptors (Lipinski definition) is 6. The molecule has 0 radical (unpaired) electrons. The minimum absolute atomic E-state index is 0.272. The van der Waals surface area contributed by atoms with E-state index in [-0.39, 0.29) is 6.61 Å². The molecule has 0 spiro atoms. The van der Waals surface area contributed by atoms with Crippen molar-refractivity contribution in [3.8, 4) is 5.75 Å². The van der Waals surface area contributed by atoms with Gasteiger partial charge < -0.3 is 14.5 Å². The van der Waals surface area contributed by atoms with Gasteiger partial charge in [-0.2, -0.15) is 5.10 Å². The molecule has 1 aromatic heterocycles. The molecule has 0 saturated heterocycles. The second kappa shape index (κ2) is 8.34. The molecular formula is C20H19N3O5. The summed E-state index contributed by atoms with van der Waals surface area (Å²) in [7, 11) is 0. The minimum atomic E-state index is -0.766. The van der Waals surface area contributed by atoms with Crippen LogP contribution in [0, 0.1) is 0 Å². The highest BCUT2D eigenvalue weighted by atomic mass is 16.6. The van der Waals surface area contributed by atoms with Gasteiger partial charge in [-0.3, -0.25) is 4.79 Å². The van der Waals surface area contributed by atoms with Gasteiger partial charge in [-0.1, -0.05) is 24.3 Å². The van der Waals surface area contributed by atoms with Crippen LogP contribution in [-0.2, 0) is 9.53 Å². The number of carbonyl (C=O) groups is 1. The van der Waals surface area contributed by atoms with Gasteiger partial charge >= 0.3 is 11.7 Å². The molecule has 0 fully saturated rings. The van der Waals surface area contributed by atoms with E-state index in [2.05, 4.69) is 10.1 Å². The Bertz CT molecular complexity index is 1150. The number of fused-ring (bicyclic) bond motifs is 1. The van der Waals surface area contributed by atoms with E-state index in [9.17, 15) is 14.4 Å². The van der Waals surface area contributed by atoms with Crippen LogP contribution >= 0.6 is 0 Å². The number of aromatic amines is 1. The van der Waals surface area contributed by atoms with Crippen LogP contribution in [0.5, 0.6) is 5.75 Å². The van der Waals surface area contributed by atoms with Gasteiger partial charge in [-0.15, -0.1) is 4.68 Å². The Balaban J connectivity index is 1.86. The molecule has 0 aliphatic rings. The summed E-state index contributed by atoms with van der Waals surface area (Å²) < 4.78 is 11.2. The molecule has 0 aliphatic carbocycles. The fourth-order valence-corrected chi connectivity index (χ4v) is 2.56. The molecule has 3 rings (SSSR count). The molecule has 8 heteroatoms. The molecule has 144 valence electrons. The van der Waals surface area contributed by atoms with Crippen LogP contribution < -0.4 is 16.0 Å². The molecular weight excluding hydrogens is 362 g/mol. The number of esters is 1. The van der Waals surface area contributed by atoms with Crippen LogP contribution in [0.2, 0.25) is 0 Å². The van der Waals surface area contributed by atoms with Gasteiger partial charge in [0.2, 0.25) is 0 Å². The number of aromatic nitrogens is 2. The molecule has 1 N–H and O–H groups in total. The molecule has 1 heterocycles. The van der Waals surface area contributed by atoms with Gasteiger partial charge in [0.1, 0.15) is 5.75 Å². The average Bonchev–Trinajstić information content (AvgIpc) is 2.68. The number of hydrogen-bond donors (Lipinski definition) is 1. The zero-order valence-corrected chi connectivity index (χ0v) is 15.4. The smallest absolute Gasteiger partial charge is 0.349 e. The summed E-state index contributed by atoms with van der Waals surface area (Å²) >= 11 is 0. The first-order chi connectivity index (χ1) is 13.5. The number of nitrogens with one attached hydrogen (secondary N) is 1. The van der Waals surface area contributed by atoms with Gasteiger partial charge in [0, 0.05) is 0 Å². The first-order valence-corrected chi connectivity index (χ1v) is 8.71. The number of ether oxygens (including phenoxy) is 2. The Hall–Kier alpha value is -3.68. The van der Waals surface area contributed by atoms with Crippen LogP contribution in [0.4, 0.5) is 0 Å². The van der Waals surface area contributed by atoms with Crippen LogP contribution in [-0.4, -0.2) is 34.6 Å². The highest BCUT2D eigenvalue weighted by Gasteiger charge is 2.15. The van der Waals surface area contributed by atoms with Crippen molar-refractivity contribution < 1.29 is 14.3 Å². The van der Waals surface area contributed by atoms with Crippen molar-refractivity contribution in [2.24, 2.45) is 5.10 Å². The summed E-state index contributed by atoms with van der Waals surface area (Å²) in [5.74, 6) is -0.0277. The van der Waals surface area contributed by atoms with Crippen molar-refractivity contribution in [2.75, 3.05) is 6.61 Å². The van der Waals surface area contributed by atoms with Crippen LogP contribution in [0.1, 0.15) is 19.4 Å². The molecule has 3 aromatic rings. The molecule has 0 amide bonds. The first-order valence-electron chi connectivity index (χ1n) is 8.71. The van der Waals surface area contributed by atoms with Crippen LogP contribution in [0.3, 0.4) is 0 Å². The number of para-hydroxylation sites is 1. The number of nitrogens with zero attached hydrogens (tertiary/aromatic N) is 2. The Morgan fingerprint density at radius 2 is 2.00 bits per heavy atom. The van der Waals surface area contributed by atoms with Gasteiger partial charge in [-0.25, -0.2) is 9.59 Å². The highest BCUT2D eigenvalue weighted by molar-refractivity contribution is 5.81. The summed E-state index contributed by atoms with van der Waals surface area (Å²) in [5.41, 5.74) is -0.109. The molecule has 8 nitrogen and oxygen atoms in total. The normalized spacial score (nSPS) is 12.2. The summed E-state index contributed by atoms with van der Waals surface area (Å²) in [6.45, 7) is 3.58. The number of rotatable bonds is 6. The largest absolute Gasteiger partial charge is 0.479 e. The molecule has 2 aromatic carbocycles. The maximum absolute atomic E-state index is 12.5.